The van der Waals surface area contributed by atoms with E-state index in [0.29, 0.717) is 12.2 Å². The molecule has 2 aromatic heterocycles. The molecule has 17 heavy (non-hydrogen) atoms. The quantitative estimate of drug-likeness (QED) is 0.861. The first-order valence-corrected chi connectivity index (χ1v) is 4.94. The van der Waals surface area contributed by atoms with E-state index < -0.39 is 5.97 Å². The number of pyridine rings is 1. The largest absolute Gasteiger partial charge is 0.478 e. The number of hydrogen-bond acceptors (Lipinski definition) is 3. The molecule has 2 heterocycles. The van der Waals surface area contributed by atoms with Crippen molar-refractivity contribution < 1.29 is 9.90 Å². The third kappa shape index (κ3) is 2.32. The van der Waals surface area contributed by atoms with E-state index in [9.17, 15) is 4.79 Å². The van der Waals surface area contributed by atoms with Crippen LogP contribution in [0, 0.1) is 11.3 Å². The molecular formula is C12H9N3O2. The minimum absolute atomic E-state index is 0.229. The molecule has 5 heteroatoms. The molecule has 0 amide bonds. The first-order chi connectivity index (χ1) is 8.20. The van der Waals surface area contributed by atoms with Crippen LogP contribution in [0.4, 0.5) is 0 Å². The average Bonchev–Trinajstić information content (AvgIpc) is 2.78. The van der Waals surface area contributed by atoms with E-state index in [0.717, 1.165) is 5.56 Å². The van der Waals surface area contributed by atoms with Gasteiger partial charge in [0.1, 0.15) is 11.8 Å². The standard InChI is InChI=1S/C12H9N3O2/c13-6-11-9(2-1-4-14-11)7-15-5-3-10(8-15)12(16)17/h1-5,8H,7H2,(H,16,17). The Labute approximate surface area is 97.6 Å². The molecule has 0 aromatic carbocycles. The maximum atomic E-state index is 10.7. The second-order valence-electron chi connectivity index (χ2n) is 3.50. The predicted molar refractivity (Wildman–Crippen MR) is 59.4 cm³/mol. The summed E-state index contributed by atoms with van der Waals surface area (Å²) in [6.45, 7) is 0.435. The smallest absolute Gasteiger partial charge is 0.337 e. The van der Waals surface area contributed by atoms with Crippen molar-refractivity contribution in [3.05, 3.63) is 53.6 Å². The monoisotopic (exact) mass is 227 g/mol. The van der Waals surface area contributed by atoms with Crippen LogP contribution >= 0.6 is 0 Å². The number of carbonyl (C=O) groups is 1. The first kappa shape index (κ1) is 10.9. The maximum absolute atomic E-state index is 10.7. The molecule has 2 aromatic rings. The van der Waals surface area contributed by atoms with Gasteiger partial charge in [-0.3, -0.25) is 0 Å². The van der Waals surface area contributed by atoms with Crippen molar-refractivity contribution in [1.29, 1.82) is 5.26 Å². The SMILES string of the molecule is N#Cc1ncccc1Cn1ccc(C(=O)O)c1. The van der Waals surface area contributed by atoms with Gasteiger partial charge in [0.05, 0.1) is 5.56 Å². The van der Waals surface area contributed by atoms with Crippen molar-refractivity contribution in [3.63, 3.8) is 0 Å². The normalized spacial score (nSPS) is 9.82. The van der Waals surface area contributed by atoms with Crippen molar-refractivity contribution in [3.8, 4) is 6.07 Å². The van der Waals surface area contributed by atoms with Gasteiger partial charge >= 0.3 is 5.97 Å². The highest BCUT2D eigenvalue weighted by Crippen LogP contribution is 2.09. The van der Waals surface area contributed by atoms with Gasteiger partial charge in [0.25, 0.3) is 0 Å². The molecule has 0 radical (unpaired) electrons. The lowest BCUT2D eigenvalue weighted by molar-refractivity contribution is 0.0697. The predicted octanol–water partition coefficient (Wildman–Crippen LogP) is 1.50. The molecule has 0 saturated carbocycles. The Morgan fingerprint density at radius 2 is 2.35 bits per heavy atom. The van der Waals surface area contributed by atoms with Crippen molar-refractivity contribution in [1.82, 2.24) is 9.55 Å². The Hall–Kier alpha value is -2.61. The molecule has 0 aliphatic rings. The van der Waals surface area contributed by atoms with Crippen LogP contribution in [-0.4, -0.2) is 20.6 Å². The fourth-order valence-electron chi connectivity index (χ4n) is 1.53. The van der Waals surface area contributed by atoms with Crippen molar-refractivity contribution in [2.24, 2.45) is 0 Å². The number of aromatic nitrogens is 2. The van der Waals surface area contributed by atoms with Crippen molar-refractivity contribution in [2.45, 2.75) is 6.54 Å². The van der Waals surface area contributed by atoms with E-state index in [4.69, 9.17) is 10.4 Å². The lowest BCUT2D eigenvalue weighted by Gasteiger charge is -2.03. The van der Waals surface area contributed by atoms with Gasteiger partial charge in [0.15, 0.2) is 0 Å². The number of rotatable bonds is 3. The number of aromatic carboxylic acids is 1. The summed E-state index contributed by atoms with van der Waals surface area (Å²) in [5.41, 5.74) is 1.35. The molecule has 0 bridgehead atoms. The molecule has 5 nitrogen and oxygen atoms in total. The summed E-state index contributed by atoms with van der Waals surface area (Å²) in [5.74, 6) is -0.963. The summed E-state index contributed by atoms with van der Waals surface area (Å²) in [4.78, 5) is 14.7. The van der Waals surface area contributed by atoms with Gasteiger partial charge in [-0.05, 0) is 12.1 Å². The first-order valence-electron chi connectivity index (χ1n) is 4.94. The van der Waals surface area contributed by atoms with Gasteiger partial charge in [-0.1, -0.05) is 6.07 Å². The summed E-state index contributed by atoms with van der Waals surface area (Å²) in [5, 5.41) is 17.7. The molecule has 0 fully saturated rings. The molecule has 0 unspecified atom stereocenters. The number of nitrogens with zero attached hydrogens (tertiary/aromatic N) is 3. The zero-order chi connectivity index (χ0) is 12.3. The molecule has 0 aliphatic heterocycles. The van der Waals surface area contributed by atoms with Crippen LogP contribution in [0.25, 0.3) is 0 Å². The summed E-state index contributed by atoms with van der Waals surface area (Å²) in [6.07, 6.45) is 4.74. The highest BCUT2D eigenvalue weighted by molar-refractivity contribution is 5.87. The fraction of sp³-hybridized carbons (Fsp3) is 0.0833. The molecular weight excluding hydrogens is 218 g/mol. The second-order valence-corrected chi connectivity index (χ2v) is 3.50. The third-order valence-corrected chi connectivity index (χ3v) is 2.35. The fourth-order valence-corrected chi connectivity index (χ4v) is 1.53. The number of hydrogen-bond donors (Lipinski definition) is 1. The molecule has 2 rings (SSSR count). The minimum Gasteiger partial charge on any atom is -0.478 e. The number of carboxylic acid groups (broad SMARTS) is 1. The summed E-state index contributed by atoms with van der Waals surface area (Å²) < 4.78 is 1.71. The zero-order valence-electron chi connectivity index (χ0n) is 8.87. The summed E-state index contributed by atoms with van der Waals surface area (Å²) >= 11 is 0. The van der Waals surface area contributed by atoms with Crippen LogP contribution in [0.1, 0.15) is 21.6 Å². The van der Waals surface area contributed by atoms with Gasteiger partial charge in [-0.2, -0.15) is 5.26 Å². The number of nitriles is 1. The third-order valence-electron chi connectivity index (χ3n) is 2.35. The molecule has 0 spiro atoms. The van der Waals surface area contributed by atoms with Crippen LogP contribution in [0.5, 0.6) is 0 Å². The Morgan fingerprint density at radius 3 is 3.00 bits per heavy atom. The van der Waals surface area contributed by atoms with Gasteiger partial charge in [0.2, 0.25) is 0 Å². The van der Waals surface area contributed by atoms with Gasteiger partial charge in [-0.15, -0.1) is 0 Å². The Balaban J connectivity index is 2.26. The van der Waals surface area contributed by atoms with Crippen LogP contribution < -0.4 is 0 Å². The molecule has 1 N–H and O–H groups in total. The topological polar surface area (TPSA) is 78.9 Å². The lowest BCUT2D eigenvalue weighted by atomic mass is 10.2. The highest BCUT2D eigenvalue weighted by atomic mass is 16.4. The van der Waals surface area contributed by atoms with Crippen molar-refractivity contribution in [2.75, 3.05) is 0 Å². The highest BCUT2D eigenvalue weighted by Gasteiger charge is 2.07. The number of carboxylic acids is 1. The summed E-state index contributed by atoms with van der Waals surface area (Å²) in [7, 11) is 0. The minimum atomic E-state index is -0.963. The zero-order valence-corrected chi connectivity index (χ0v) is 8.87. The van der Waals surface area contributed by atoms with E-state index in [2.05, 4.69) is 4.98 Å². The van der Waals surface area contributed by atoms with Crippen LogP contribution in [0.15, 0.2) is 36.8 Å². The second kappa shape index (κ2) is 4.49. The van der Waals surface area contributed by atoms with Gasteiger partial charge in [0, 0.05) is 30.7 Å². The molecule has 0 aliphatic carbocycles. The van der Waals surface area contributed by atoms with Crippen LogP contribution in [0.2, 0.25) is 0 Å². The molecule has 0 atom stereocenters. The molecule has 84 valence electrons. The van der Waals surface area contributed by atoms with Gasteiger partial charge < -0.3 is 9.67 Å². The van der Waals surface area contributed by atoms with Gasteiger partial charge in [-0.25, -0.2) is 9.78 Å². The average molecular weight is 227 g/mol. The Bertz CT molecular complexity index is 596. The summed E-state index contributed by atoms with van der Waals surface area (Å²) in [6, 6.07) is 7.07. The van der Waals surface area contributed by atoms with E-state index in [1.807, 2.05) is 6.07 Å². The van der Waals surface area contributed by atoms with E-state index >= 15 is 0 Å². The van der Waals surface area contributed by atoms with E-state index in [1.165, 1.54) is 12.3 Å². The van der Waals surface area contributed by atoms with E-state index in [1.54, 1.807) is 29.1 Å². The van der Waals surface area contributed by atoms with Crippen LogP contribution in [-0.2, 0) is 6.54 Å². The Kier molecular flexibility index (Phi) is 2.88. The lowest BCUT2D eigenvalue weighted by Crippen LogP contribution is -2.01. The van der Waals surface area contributed by atoms with Crippen LogP contribution in [0.3, 0.4) is 0 Å². The van der Waals surface area contributed by atoms with Crippen molar-refractivity contribution >= 4 is 5.97 Å². The van der Waals surface area contributed by atoms with E-state index in [-0.39, 0.29) is 5.56 Å². The molecule has 0 saturated heterocycles. The maximum Gasteiger partial charge on any atom is 0.337 e. The Morgan fingerprint density at radius 1 is 1.53 bits per heavy atom.